The molecule has 0 bridgehead atoms. The van der Waals surface area contributed by atoms with Crippen molar-refractivity contribution in [2.24, 2.45) is 0 Å². The second kappa shape index (κ2) is 3.02. The molecule has 0 amide bonds. The number of nitrogens with two attached hydrogens (primary N) is 1. The van der Waals surface area contributed by atoms with E-state index in [4.69, 9.17) is 5.73 Å². The topological polar surface area (TPSA) is 60.9 Å². The van der Waals surface area contributed by atoms with Crippen molar-refractivity contribution in [2.45, 2.75) is 0 Å². The van der Waals surface area contributed by atoms with Gasteiger partial charge in [0.15, 0.2) is 0 Å². The van der Waals surface area contributed by atoms with Gasteiger partial charge >= 0.3 is 0 Å². The van der Waals surface area contributed by atoms with Crippen LogP contribution < -0.4 is 11.3 Å². The van der Waals surface area contributed by atoms with Crippen LogP contribution in [0.1, 0.15) is 0 Å². The molecule has 2 rings (SSSR count). The molecule has 0 fully saturated rings. The lowest BCUT2D eigenvalue weighted by Crippen LogP contribution is -2.19. The maximum atomic E-state index is 11.5. The maximum absolute atomic E-state index is 11.5. The van der Waals surface area contributed by atoms with Crippen LogP contribution in [0.25, 0.3) is 5.00 Å². The largest absolute Gasteiger partial charge is 0.394 e. The van der Waals surface area contributed by atoms with E-state index in [2.05, 4.69) is 4.98 Å². The van der Waals surface area contributed by atoms with E-state index < -0.39 is 0 Å². The van der Waals surface area contributed by atoms with Gasteiger partial charge in [-0.2, -0.15) is 0 Å². The standard InChI is InChI=1S/C8H7N3OS/c9-6-2-1-3-11(8(6)12)7-4-10-5-13-7/h1-5H,9H2. The summed E-state index contributed by atoms with van der Waals surface area (Å²) < 4.78 is 1.48. The highest BCUT2D eigenvalue weighted by atomic mass is 32.1. The molecule has 0 aliphatic rings. The van der Waals surface area contributed by atoms with E-state index in [0.717, 1.165) is 5.00 Å². The normalized spacial score (nSPS) is 10.2. The third-order valence-electron chi connectivity index (χ3n) is 1.63. The number of anilines is 1. The molecule has 5 heteroatoms. The number of hydrogen-bond acceptors (Lipinski definition) is 4. The van der Waals surface area contributed by atoms with Crippen LogP contribution >= 0.6 is 11.3 Å². The Balaban J connectivity index is 2.66. The summed E-state index contributed by atoms with van der Waals surface area (Å²) in [6.45, 7) is 0. The van der Waals surface area contributed by atoms with Crippen LogP contribution in [0.4, 0.5) is 5.69 Å². The Hall–Kier alpha value is -1.62. The van der Waals surface area contributed by atoms with Crippen LogP contribution in [0.2, 0.25) is 0 Å². The molecule has 4 nitrogen and oxygen atoms in total. The SMILES string of the molecule is Nc1cccn(-c2cncs2)c1=O. The zero-order valence-corrected chi connectivity index (χ0v) is 7.49. The Morgan fingerprint density at radius 1 is 1.54 bits per heavy atom. The third-order valence-corrected chi connectivity index (χ3v) is 2.40. The zero-order valence-electron chi connectivity index (χ0n) is 6.68. The highest BCUT2D eigenvalue weighted by Gasteiger charge is 2.01. The first kappa shape index (κ1) is 8.00. The fourth-order valence-corrected chi connectivity index (χ4v) is 1.62. The number of pyridine rings is 1. The van der Waals surface area contributed by atoms with E-state index in [1.807, 2.05) is 0 Å². The Bertz CT molecular complexity index is 460. The molecule has 0 aliphatic heterocycles. The van der Waals surface area contributed by atoms with Crippen LogP contribution in [0.5, 0.6) is 0 Å². The number of rotatable bonds is 1. The predicted molar refractivity (Wildman–Crippen MR) is 52.1 cm³/mol. The van der Waals surface area contributed by atoms with Gasteiger partial charge in [0.2, 0.25) is 0 Å². The van der Waals surface area contributed by atoms with E-state index in [1.165, 1.54) is 15.9 Å². The number of aromatic nitrogens is 2. The van der Waals surface area contributed by atoms with Crippen LogP contribution in [0.3, 0.4) is 0 Å². The van der Waals surface area contributed by atoms with Gasteiger partial charge in [0.05, 0.1) is 17.4 Å². The van der Waals surface area contributed by atoms with E-state index >= 15 is 0 Å². The quantitative estimate of drug-likeness (QED) is 0.731. The summed E-state index contributed by atoms with van der Waals surface area (Å²) in [4.78, 5) is 15.4. The van der Waals surface area contributed by atoms with Crippen molar-refractivity contribution in [3.05, 3.63) is 40.4 Å². The molecule has 0 atom stereocenters. The molecule has 2 aromatic heterocycles. The Morgan fingerprint density at radius 2 is 2.38 bits per heavy atom. The van der Waals surface area contributed by atoms with Gasteiger partial charge in [0, 0.05) is 6.20 Å². The molecular formula is C8H7N3OS. The molecule has 2 N–H and O–H groups in total. The van der Waals surface area contributed by atoms with Gasteiger partial charge in [0.25, 0.3) is 5.56 Å². The van der Waals surface area contributed by atoms with Crippen molar-refractivity contribution >= 4 is 17.0 Å². The average Bonchev–Trinajstić information content (AvgIpc) is 2.62. The summed E-state index contributed by atoms with van der Waals surface area (Å²) in [5, 5.41) is 0.775. The highest BCUT2D eigenvalue weighted by molar-refractivity contribution is 7.12. The minimum Gasteiger partial charge on any atom is -0.394 e. The molecule has 0 spiro atoms. The van der Waals surface area contributed by atoms with Crippen molar-refractivity contribution < 1.29 is 0 Å². The Morgan fingerprint density at radius 3 is 3.08 bits per heavy atom. The molecule has 13 heavy (non-hydrogen) atoms. The predicted octanol–water partition coefficient (Wildman–Crippen LogP) is 0.876. The Kier molecular flexibility index (Phi) is 1.86. The molecule has 0 radical (unpaired) electrons. The number of hydrogen-bond donors (Lipinski definition) is 1. The molecule has 0 aromatic carbocycles. The molecule has 66 valence electrons. The summed E-state index contributed by atoms with van der Waals surface area (Å²) in [5.41, 5.74) is 7.19. The Labute approximate surface area is 78.3 Å². The van der Waals surface area contributed by atoms with Crippen molar-refractivity contribution in [3.63, 3.8) is 0 Å². The average molecular weight is 193 g/mol. The summed E-state index contributed by atoms with van der Waals surface area (Å²) in [5.74, 6) is 0. The molecular weight excluding hydrogens is 186 g/mol. The monoisotopic (exact) mass is 193 g/mol. The van der Waals surface area contributed by atoms with Crippen molar-refractivity contribution in [3.8, 4) is 5.00 Å². The first-order chi connectivity index (χ1) is 6.29. The minimum absolute atomic E-state index is 0.202. The van der Waals surface area contributed by atoms with Gasteiger partial charge in [-0.05, 0) is 12.1 Å². The third kappa shape index (κ3) is 1.33. The molecule has 0 saturated carbocycles. The number of thiazole rings is 1. The van der Waals surface area contributed by atoms with E-state index in [-0.39, 0.29) is 11.2 Å². The van der Waals surface area contributed by atoms with Crippen molar-refractivity contribution in [1.29, 1.82) is 0 Å². The van der Waals surface area contributed by atoms with Gasteiger partial charge < -0.3 is 5.73 Å². The fourth-order valence-electron chi connectivity index (χ4n) is 1.01. The second-order valence-electron chi connectivity index (χ2n) is 2.48. The van der Waals surface area contributed by atoms with E-state index in [0.29, 0.717) is 0 Å². The lowest BCUT2D eigenvalue weighted by Gasteiger charge is -2.00. The summed E-state index contributed by atoms with van der Waals surface area (Å²) >= 11 is 1.40. The highest BCUT2D eigenvalue weighted by Crippen LogP contribution is 2.10. The first-order valence-electron chi connectivity index (χ1n) is 3.65. The van der Waals surface area contributed by atoms with Crippen LogP contribution in [0, 0.1) is 0 Å². The van der Waals surface area contributed by atoms with Gasteiger partial charge in [-0.25, -0.2) is 0 Å². The fraction of sp³-hybridized carbons (Fsp3) is 0. The maximum Gasteiger partial charge on any atom is 0.278 e. The van der Waals surface area contributed by atoms with E-state index in [9.17, 15) is 4.79 Å². The van der Waals surface area contributed by atoms with Crippen LogP contribution in [-0.4, -0.2) is 9.55 Å². The summed E-state index contributed by atoms with van der Waals surface area (Å²) in [6, 6.07) is 3.32. The molecule has 2 heterocycles. The lowest BCUT2D eigenvalue weighted by atomic mass is 10.4. The van der Waals surface area contributed by atoms with Crippen LogP contribution in [0.15, 0.2) is 34.8 Å². The molecule has 0 unspecified atom stereocenters. The van der Waals surface area contributed by atoms with Gasteiger partial charge in [0.1, 0.15) is 5.00 Å². The van der Waals surface area contributed by atoms with Crippen LogP contribution in [-0.2, 0) is 0 Å². The number of nitrogen functional groups attached to an aromatic ring is 1. The van der Waals surface area contributed by atoms with Crippen molar-refractivity contribution in [2.75, 3.05) is 5.73 Å². The molecule has 0 aliphatic carbocycles. The van der Waals surface area contributed by atoms with E-state index in [1.54, 1.807) is 30.0 Å². The second-order valence-corrected chi connectivity index (χ2v) is 3.34. The summed E-state index contributed by atoms with van der Waals surface area (Å²) in [6.07, 6.45) is 3.30. The summed E-state index contributed by atoms with van der Waals surface area (Å²) in [7, 11) is 0. The zero-order chi connectivity index (χ0) is 9.26. The lowest BCUT2D eigenvalue weighted by molar-refractivity contribution is 1.01. The number of nitrogens with zero attached hydrogens (tertiary/aromatic N) is 2. The molecule has 2 aromatic rings. The van der Waals surface area contributed by atoms with Gasteiger partial charge in [-0.1, -0.05) is 0 Å². The van der Waals surface area contributed by atoms with Gasteiger partial charge in [-0.15, -0.1) is 11.3 Å². The smallest absolute Gasteiger partial charge is 0.278 e. The molecule has 0 saturated heterocycles. The van der Waals surface area contributed by atoms with Crippen molar-refractivity contribution in [1.82, 2.24) is 9.55 Å². The minimum atomic E-state index is -0.202. The first-order valence-corrected chi connectivity index (χ1v) is 4.53. The van der Waals surface area contributed by atoms with Gasteiger partial charge in [-0.3, -0.25) is 14.3 Å².